The summed E-state index contributed by atoms with van der Waals surface area (Å²) in [5.74, 6) is 0.781. The number of H-pyrrole nitrogens is 1. The number of hydrogen-bond acceptors (Lipinski definition) is 5. The van der Waals surface area contributed by atoms with Gasteiger partial charge in [0.1, 0.15) is 17.2 Å². The zero-order chi connectivity index (χ0) is 29.9. The number of likely N-dealkylation sites (tertiary alicyclic amines) is 1. The van der Waals surface area contributed by atoms with Gasteiger partial charge in [-0.1, -0.05) is 30.3 Å². The number of ether oxygens (including phenoxy) is 1. The number of aryl methyl sites for hydroxylation is 1. The van der Waals surface area contributed by atoms with Gasteiger partial charge in [0.15, 0.2) is 0 Å². The molecule has 1 aliphatic rings. The highest BCUT2D eigenvalue weighted by molar-refractivity contribution is 5.79. The van der Waals surface area contributed by atoms with Crippen molar-refractivity contribution in [2.24, 2.45) is 5.73 Å². The number of carbonyl (C=O) groups is 1. The number of piperidine rings is 1. The van der Waals surface area contributed by atoms with Crippen molar-refractivity contribution in [2.75, 3.05) is 26.8 Å². The molecule has 3 heterocycles. The number of amides is 1. The van der Waals surface area contributed by atoms with Crippen LogP contribution in [-0.4, -0.2) is 62.8 Å². The van der Waals surface area contributed by atoms with E-state index in [1.165, 1.54) is 10.6 Å². The molecule has 5 aromatic rings. The predicted molar refractivity (Wildman–Crippen MR) is 165 cm³/mol. The van der Waals surface area contributed by atoms with E-state index >= 15 is 0 Å². The number of nitrogens with zero attached hydrogens (tertiary/aromatic N) is 4. The molecule has 0 spiro atoms. The molecule has 2 unspecified atom stereocenters. The van der Waals surface area contributed by atoms with Crippen LogP contribution in [0.4, 0.5) is 4.39 Å². The quantitative estimate of drug-likeness (QED) is 0.235. The van der Waals surface area contributed by atoms with Crippen LogP contribution in [0.1, 0.15) is 43.0 Å². The van der Waals surface area contributed by atoms with E-state index in [1.54, 1.807) is 31.4 Å². The minimum Gasteiger partial charge on any atom is -0.385 e. The first-order chi connectivity index (χ1) is 20.9. The summed E-state index contributed by atoms with van der Waals surface area (Å²) in [4.78, 5) is 35.5. The van der Waals surface area contributed by atoms with Gasteiger partial charge in [-0.3, -0.25) is 9.36 Å². The number of nitrogens with one attached hydrogen (secondary N) is 1. The van der Waals surface area contributed by atoms with Crippen LogP contribution in [0.2, 0.25) is 0 Å². The maximum absolute atomic E-state index is 14.5. The first-order valence-corrected chi connectivity index (χ1v) is 14.9. The predicted octanol–water partition coefficient (Wildman–Crippen LogP) is 4.51. The zero-order valence-electron chi connectivity index (χ0n) is 24.3. The summed E-state index contributed by atoms with van der Waals surface area (Å²) >= 11 is 0. The van der Waals surface area contributed by atoms with E-state index in [-0.39, 0.29) is 29.8 Å². The maximum atomic E-state index is 14.5. The number of fused-ring (bicyclic) bond motifs is 2. The Morgan fingerprint density at radius 1 is 1.14 bits per heavy atom. The lowest BCUT2D eigenvalue weighted by atomic mass is 9.96. The van der Waals surface area contributed by atoms with Crippen LogP contribution in [0, 0.1) is 5.82 Å². The fraction of sp³-hybridized carbons (Fsp3) is 0.364. The van der Waals surface area contributed by atoms with Crippen LogP contribution in [0.25, 0.3) is 27.8 Å². The first-order valence-electron chi connectivity index (χ1n) is 14.9. The van der Waals surface area contributed by atoms with Crippen molar-refractivity contribution in [1.82, 2.24) is 24.0 Å². The Hall–Kier alpha value is -4.28. The molecule has 1 aliphatic heterocycles. The molecule has 0 saturated carbocycles. The van der Waals surface area contributed by atoms with Crippen LogP contribution in [0.3, 0.4) is 0 Å². The smallest absolute Gasteiger partial charge is 0.331 e. The third kappa shape index (κ3) is 5.98. The molecule has 1 saturated heterocycles. The van der Waals surface area contributed by atoms with Crippen LogP contribution in [0.15, 0.2) is 71.5 Å². The average molecular weight is 585 g/mol. The highest BCUT2D eigenvalue weighted by atomic mass is 19.1. The van der Waals surface area contributed by atoms with Crippen molar-refractivity contribution >= 4 is 28.0 Å². The van der Waals surface area contributed by atoms with Gasteiger partial charge in [-0.2, -0.15) is 0 Å². The van der Waals surface area contributed by atoms with Crippen LogP contribution >= 0.6 is 0 Å². The second kappa shape index (κ2) is 12.5. The fourth-order valence-corrected chi connectivity index (χ4v) is 6.29. The molecule has 2 atom stereocenters. The van der Waals surface area contributed by atoms with Gasteiger partial charge in [0, 0.05) is 51.7 Å². The molecule has 3 N–H and O–H groups in total. The van der Waals surface area contributed by atoms with Gasteiger partial charge >= 0.3 is 5.69 Å². The second-order valence-corrected chi connectivity index (χ2v) is 11.4. The van der Waals surface area contributed by atoms with Crippen LogP contribution in [0.5, 0.6) is 0 Å². The number of aromatic nitrogens is 4. The van der Waals surface area contributed by atoms with Gasteiger partial charge in [-0.15, -0.1) is 0 Å². The molecule has 10 heteroatoms. The molecule has 0 radical (unpaired) electrons. The summed E-state index contributed by atoms with van der Waals surface area (Å²) in [6.07, 6.45) is 3.55. The number of para-hydroxylation sites is 3. The number of nitrogens with two attached hydrogens (primary N) is 1. The number of aromatic amines is 1. The molecular weight excluding hydrogens is 547 g/mol. The molecule has 0 bridgehead atoms. The second-order valence-electron chi connectivity index (χ2n) is 11.4. The topological polar surface area (TPSA) is 111 Å². The molecule has 1 fully saturated rings. The van der Waals surface area contributed by atoms with Crippen molar-refractivity contribution in [2.45, 2.75) is 50.6 Å². The van der Waals surface area contributed by atoms with Gasteiger partial charge < -0.3 is 24.9 Å². The van der Waals surface area contributed by atoms with E-state index in [2.05, 4.69) is 15.6 Å². The number of methoxy groups -OCH3 is 1. The third-order valence-electron chi connectivity index (χ3n) is 8.34. The van der Waals surface area contributed by atoms with E-state index < -0.39 is 11.5 Å². The lowest BCUT2D eigenvalue weighted by molar-refractivity contribution is -0.132. The van der Waals surface area contributed by atoms with Crippen LogP contribution in [-0.2, 0) is 22.5 Å². The van der Waals surface area contributed by atoms with E-state index in [0.29, 0.717) is 30.8 Å². The average Bonchev–Trinajstić information content (AvgIpc) is 3.55. The number of hydrogen-bond donors (Lipinski definition) is 2. The summed E-state index contributed by atoms with van der Waals surface area (Å²) in [6, 6.07) is 19.7. The van der Waals surface area contributed by atoms with Crippen molar-refractivity contribution in [3.8, 4) is 5.69 Å². The van der Waals surface area contributed by atoms with Gasteiger partial charge in [0.2, 0.25) is 5.91 Å². The number of halogens is 1. The molecular formula is C33H37FN6O3. The van der Waals surface area contributed by atoms with Gasteiger partial charge in [0.05, 0.1) is 22.2 Å². The number of benzene rings is 3. The number of rotatable bonds is 10. The lowest BCUT2D eigenvalue weighted by Gasteiger charge is -2.33. The standard InChI is InChI=1S/C33H37FN6O3/c1-43-18-6-17-39-29-11-3-2-9-27(29)36-32(39)23-7-5-16-38(21-23)30(41)20-24(35)19-22-12-14-25(15-13-22)40-31-26(34)8-4-10-28(31)37-33(40)42/h2-4,8-15,23-24H,5-7,16-21,35H2,1H3,(H,37,42). The Morgan fingerprint density at radius 2 is 1.95 bits per heavy atom. The molecule has 1 amide bonds. The molecule has 224 valence electrons. The van der Waals surface area contributed by atoms with Gasteiger partial charge in [-0.05, 0) is 67.6 Å². The van der Waals surface area contributed by atoms with Crippen molar-refractivity contribution in [1.29, 1.82) is 0 Å². The Morgan fingerprint density at radius 3 is 2.77 bits per heavy atom. The van der Waals surface area contributed by atoms with Gasteiger partial charge in [-0.25, -0.2) is 14.2 Å². The van der Waals surface area contributed by atoms with Gasteiger partial charge in [0.25, 0.3) is 0 Å². The largest absolute Gasteiger partial charge is 0.385 e. The maximum Gasteiger partial charge on any atom is 0.331 e. The van der Waals surface area contributed by atoms with E-state index in [1.807, 2.05) is 35.2 Å². The van der Waals surface area contributed by atoms with Crippen molar-refractivity contribution in [3.05, 3.63) is 94.4 Å². The first kappa shape index (κ1) is 28.8. The summed E-state index contributed by atoms with van der Waals surface area (Å²) in [6.45, 7) is 2.85. The Bertz CT molecular complexity index is 1790. The summed E-state index contributed by atoms with van der Waals surface area (Å²) in [7, 11) is 1.72. The molecule has 6 rings (SSSR count). The van der Waals surface area contributed by atoms with Crippen molar-refractivity contribution < 1.29 is 13.9 Å². The van der Waals surface area contributed by atoms with Crippen LogP contribution < -0.4 is 11.4 Å². The normalized spacial score (nSPS) is 16.3. The van der Waals surface area contributed by atoms with E-state index in [9.17, 15) is 14.0 Å². The summed E-state index contributed by atoms with van der Waals surface area (Å²) < 4.78 is 23.4. The van der Waals surface area contributed by atoms with E-state index in [4.69, 9.17) is 15.5 Å². The molecule has 0 aliphatic carbocycles. The summed E-state index contributed by atoms with van der Waals surface area (Å²) in [5, 5.41) is 0. The Balaban J connectivity index is 1.11. The Labute approximate surface area is 249 Å². The van der Waals surface area contributed by atoms with E-state index in [0.717, 1.165) is 54.8 Å². The lowest BCUT2D eigenvalue weighted by Crippen LogP contribution is -2.42. The zero-order valence-corrected chi connectivity index (χ0v) is 24.3. The Kier molecular flexibility index (Phi) is 8.40. The molecule has 9 nitrogen and oxygen atoms in total. The van der Waals surface area contributed by atoms with Crippen molar-refractivity contribution in [3.63, 3.8) is 0 Å². The number of carbonyl (C=O) groups excluding carboxylic acids is 1. The highest BCUT2D eigenvalue weighted by Gasteiger charge is 2.29. The molecule has 3 aromatic carbocycles. The molecule has 2 aromatic heterocycles. The third-order valence-corrected chi connectivity index (χ3v) is 8.34. The minimum absolute atomic E-state index is 0.0525. The SMILES string of the molecule is COCCCn1c(C2CCCN(C(=O)CC(N)Cc3ccc(-n4c(=O)[nH]c5cccc(F)c54)cc3)C2)nc2ccccc21. The monoisotopic (exact) mass is 584 g/mol. The number of imidazole rings is 2. The summed E-state index contributed by atoms with van der Waals surface area (Å²) in [5.41, 5.74) is 10.3. The molecule has 43 heavy (non-hydrogen) atoms. The fourth-order valence-electron chi connectivity index (χ4n) is 6.29. The minimum atomic E-state index is -0.469. The highest BCUT2D eigenvalue weighted by Crippen LogP contribution is 2.30.